The maximum absolute atomic E-state index is 3.86. The van der Waals surface area contributed by atoms with E-state index in [4.69, 9.17) is 0 Å². The predicted octanol–water partition coefficient (Wildman–Crippen LogP) is 2.32. The molecule has 0 spiro atoms. The highest BCUT2D eigenvalue weighted by molar-refractivity contribution is 5.09. The van der Waals surface area contributed by atoms with Crippen molar-refractivity contribution in [3.05, 3.63) is 18.6 Å². The van der Waals surface area contributed by atoms with Crippen molar-refractivity contribution in [3.8, 4) is 0 Å². The van der Waals surface area contributed by atoms with E-state index in [0.29, 0.717) is 0 Å². The number of allylic oxidation sites excluding steroid dienone is 1. The number of hydrogen-bond donors (Lipinski definition) is 0. The molecule has 0 N–H and O–H groups in total. The Morgan fingerprint density at radius 2 is 2.29 bits per heavy atom. The van der Waals surface area contributed by atoms with E-state index < -0.39 is 0 Å². The van der Waals surface area contributed by atoms with Gasteiger partial charge in [0.05, 0.1) is 0 Å². The molecule has 1 aliphatic carbocycles. The molecule has 1 saturated carbocycles. The van der Waals surface area contributed by atoms with Gasteiger partial charge in [0.1, 0.15) is 0 Å². The lowest BCUT2D eigenvalue weighted by molar-refractivity contribution is 0.676. The van der Waals surface area contributed by atoms with Crippen molar-refractivity contribution in [2.24, 2.45) is 0 Å². The second kappa shape index (κ2) is 2.15. The van der Waals surface area contributed by atoms with Crippen molar-refractivity contribution >= 4 is 0 Å². The molecule has 0 heterocycles. The lowest BCUT2D eigenvalue weighted by Gasteiger charge is -2.09. The molecule has 0 aliphatic heterocycles. The lowest BCUT2D eigenvalue weighted by Crippen LogP contribution is -1.91. The van der Waals surface area contributed by atoms with Crippen LogP contribution in [0.3, 0.4) is 0 Å². The van der Waals surface area contributed by atoms with Crippen LogP contribution >= 0.6 is 0 Å². The summed E-state index contributed by atoms with van der Waals surface area (Å²) in [6, 6.07) is 0. The molecule has 0 aromatic rings. The summed E-state index contributed by atoms with van der Waals surface area (Å²) in [5, 5.41) is 0. The molecule has 0 saturated heterocycles. The summed E-state index contributed by atoms with van der Waals surface area (Å²) in [5.41, 5.74) is 1.34. The molecule has 0 nitrogen and oxygen atoms in total. The standard InChI is InChI=1S/C7H11/c1-7-5-3-2-4-6-7/h5H,1-4,6H2. The van der Waals surface area contributed by atoms with Gasteiger partial charge >= 0.3 is 0 Å². The highest BCUT2D eigenvalue weighted by Gasteiger charge is 2.00. The molecule has 0 aromatic heterocycles. The third-order valence-corrected chi connectivity index (χ3v) is 1.39. The minimum atomic E-state index is 1.24. The van der Waals surface area contributed by atoms with Crippen LogP contribution in [0, 0.1) is 6.42 Å². The fraction of sp³-hybridized carbons (Fsp3) is 0.571. The lowest BCUT2D eigenvalue weighted by atomic mass is 9.97. The zero-order valence-corrected chi connectivity index (χ0v) is 4.61. The van der Waals surface area contributed by atoms with Crippen molar-refractivity contribution in [1.29, 1.82) is 0 Å². The van der Waals surface area contributed by atoms with Gasteiger partial charge in [-0.2, -0.15) is 0 Å². The summed E-state index contributed by atoms with van der Waals surface area (Å²) in [6.07, 6.45) is 7.47. The van der Waals surface area contributed by atoms with Gasteiger partial charge < -0.3 is 0 Å². The van der Waals surface area contributed by atoms with Crippen LogP contribution in [-0.4, -0.2) is 0 Å². The Labute approximate surface area is 45.2 Å². The van der Waals surface area contributed by atoms with E-state index in [1.807, 2.05) is 0 Å². The average Bonchev–Trinajstić information content (AvgIpc) is 1.69. The van der Waals surface area contributed by atoms with E-state index in [-0.39, 0.29) is 0 Å². The molecule has 1 fully saturated rings. The Balaban J connectivity index is 2.25. The molecule has 0 heteroatoms. The van der Waals surface area contributed by atoms with Crippen molar-refractivity contribution in [3.63, 3.8) is 0 Å². The van der Waals surface area contributed by atoms with Gasteiger partial charge in [-0.1, -0.05) is 18.6 Å². The summed E-state index contributed by atoms with van der Waals surface area (Å²) in [5.74, 6) is 0. The predicted molar refractivity (Wildman–Crippen MR) is 31.9 cm³/mol. The van der Waals surface area contributed by atoms with Gasteiger partial charge in [-0.05, 0) is 25.7 Å². The molecule has 1 aliphatic rings. The van der Waals surface area contributed by atoms with Crippen molar-refractivity contribution in [1.82, 2.24) is 0 Å². The molecule has 0 amide bonds. The molecule has 39 valence electrons. The maximum Gasteiger partial charge on any atom is -0.0140 e. The van der Waals surface area contributed by atoms with Crippen LogP contribution < -0.4 is 0 Å². The van der Waals surface area contributed by atoms with Crippen molar-refractivity contribution in [2.45, 2.75) is 25.7 Å². The molecular formula is C7H11. The molecule has 0 atom stereocenters. The summed E-state index contributed by atoms with van der Waals surface area (Å²) >= 11 is 0. The summed E-state index contributed by atoms with van der Waals surface area (Å²) in [6.45, 7) is 3.86. The molecule has 0 aromatic carbocycles. The third kappa shape index (κ3) is 1.34. The van der Waals surface area contributed by atoms with Crippen LogP contribution in [0.4, 0.5) is 0 Å². The van der Waals surface area contributed by atoms with Crippen molar-refractivity contribution < 1.29 is 0 Å². The Morgan fingerprint density at radius 1 is 1.43 bits per heavy atom. The van der Waals surface area contributed by atoms with Crippen LogP contribution in [-0.2, 0) is 0 Å². The highest BCUT2D eigenvalue weighted by atomic mass is 14.1. The van der Waals surface area contributed by atoms with Crippen LogP contribution in [0.1, 0.15) is 25.7 Å². The van der Waals surface area contributed by atoms with Gasteiger partial charge in [0.25, 0.3) is 0 Å². The van der Waals surface area contributed by atoms with Crippen LogP contribution in [0.15, 0.2) is 12.2 Å². The van der Waals surface area contributed by atoms with E-state index >= 15 is 0 Å². The Kier molecular flexibility index (Phi) is 1.50. The zero-order chi connectivity index (χ0) is 5.11. The minimum absolute atomic E-state index is 1.24. The molecular weight excluding hydrogens is 84.1 g/mol. The van der Waals surface area contributed by atoms with Crippen LogP contribution in [0.25, 0.3) is 0 Å². The molecule has 0 bridgehead atoms. The van der Waals surface area contributed by atoms with E-state index in [1.54, 1.807) is 0 Å². The van der Waals surface area contributed by atoms with Gasteiger partial charge in [0.2, 0.25) is 0 Å². The Bertz CT molecular complexity index is 64.1. The zero-order valence-electron chi connectivity index (χ0n) is 4.61. The second-order valence-corrected chi connectivity index (χ2v) is 2.11. The molecule has 0 unspecified atom stereocenters. The van der Waals surface area contributed by atoms with E-state index in [2.05, 4.69) is 13.0 Å². The molecule has 7 heavy (non-hydrogen) atoms. The molecule has 1 radical (unpaired) electrons. The summed E-state index contributed by atoms with van der Waals surface area (Å²) < 4.78 is 0. The minimum Gasteiger partial charge on any atom is -0.0996 e. The SMILES string of the molecule is C=C1[CH]CCCC1. The fourth-order valence-corrected chi connectivity index (χ4v) is 0.905. The Hall–Kier alpha value is -0.260. The number of hydrogen-bond acceptors (Lipinski definition) is 0. The largest absolute Gasteiger partial charge is 0.0996 e. The first-order valence-electron chi connectivity index (χ1n) is 2.90. The van der Waals surface area contributed by atoms with E-state index in [0.717, 1.165) is 0 Å². The second-order valence-electron chi connectivity index (χ2n) is 2.11. The Morgan fingerprint density at radius 3 is 2.57 bits per heavy atom. The summed E-state index contributed by atoms with van der Waals surface area (Å²) in [7, 11) is 0. The van der Waals surface area contributed by atoms with Gasteiger partial charge in [0, 0.05) is 0 Å². The fourth-order valence-electron chi connectivity index (χ4n) is 0.905. The van der Waals surface area contributed by atoms with E-state index in [1.165, 1.54) is 31.3 Å². The quantitative estimate of drug-likeness (QED) is 0.433. The van der Waals surface area contributed by atoms with Crippen LogP contribution in [0.2, 0.25) is 0 Å². The van der Waals surface area contributed by atoms with Gasteiger partial charge in [-0.25, -0.2) is 0 Å². The monoisotopic (exact) mass is 95.1 g/mol. The average molecular weight is 95.2 g/mol. The topological polar surface area (TPSA) is 0 Å². The third-order valence-electron chi connectivity index (χ3n) is 1.39. The summed E-state index contributed by atoms with van der Waals surface area (Å²) in [4.78, 5) is 0. The first-order chi connectivity index (χ1) is 3.39. The maximum atomic E-state index is 3.86. The smallest absolute Gasteiger partial charge is 0.0140 e. The molecule has 1 rings (SSSR count). The number of rotatable bonds is 0. The highest BCUT2D eigenvalue weighted by Crippen LogP contribution is 2.19. The normalized spacial score (nSPS) is 22.6. The first kappa shape index (κ1) is 4.89. The first-order valence-corrected chi connectivity index (χ1v) is 2.90. The van der Waals surface area contributed by atoms with E-state index in [9.17, 15) is 0 Å². The van der Waals surface area contributed by atoms with Gasteiger partial charge in [-0.3, -0.25) is 0 Å². The van der Waals surface area contributed by atoms with Gasteiger partial charge in [-0.15, -0.1) is 0 Å². The van der Waals surface area contributed by atoms with Gasteiger partial charge in [0.15, 0.2) is 0 Å². The van der Waals surface area contributed by atoms with Crippen LogP contribution in [0.5, 0.6) is 0 Å². The van der Waals surface area contributed by atoms with Crippen molar-refractivity contribution in [2.75, 3.05) is 0 Å².